The first-order valence-electron chi connectivity index (χ1n) is 3.90. The van der Waals surface area contributed by atoms with Gasteiger partial charge in [-0.25, -0.2) is 4.68 Å². The largest absolute Gasteiger partial charge is 0.317 e. The number of hydrogen-bond acceptors (Lipinski definition) is 4. The normalized spacial score (nSPS) is 18.7. The summed E-state index contributed by atoms with van der Waals surface area (Å²) in [5.41, 5.74) is 0. The van der Waals surface area contributed by atoms with Crippen molar-refractivity contribution >= 4 is 12.4 Å². The van der Waals surface area contributed by atoms with Crippen molar-refractivity contribution in [2.75, 3.05) is 13.1 Å². The molecule has 1 aromatic heterocycles. The molecule has 6 heteroatoms. The maximum Gasteiger partial charge on any atom is 0.138 e. The fourth-order valence-corrected chi connectivity index (χ4v) is 1.41. The van der Waals surface area contributed by atoms with Crippen LogP contribution in [0.15, 0.2) is 6.33 Å². The number of halogens is 1. The van der Waals surface area contributed by atoms with Crippen molar-refractivity contribution in [1.29, 1.82) is 0 Å². The first kappa shape index (κ1) is 9.41. The highest BCUT2D eigenvalue weighted by molar-refractivity contribution is 5.85. The topological polar surface area (TPSA) is 55.6 Å². The zero-order valence-corrected chi connectivity index (χ0v) is 7.50. The van der Waals surface area contributed by atoms with E-state index < -0.39 is 0 Å². The zero-order valence-electron chi connectivity index (χ0n) is 6.68. The van der Waals surface area contributed by atoms with Crippen LogP contribution in [0.4, 0.5) is 0 Å². The minimum absolute atomic E-state index is 0. The van der Waals surface area contributed by atoms with E-state index in [0.717, 1.165) is 25.9 Å². The van der Waals surface area contributed by atoms with E-state index in [1.54, 1.807) is 6.33 Å². The molecule has 0 bridgehead atoms. The van der Waals surface area contributed by atoms with Crippen LogP contribution in [-0.4, -0.2) is 33.3 Å². The molecule has 12 heavy (non-hydrogen) atoms. The second-order valence-electron chi connectivity index (χ2n) is 2.77. The first-order chi connectivity index (χ1) is 5.47. The highest BCUT2D eigenvalue weighted by atomic mass is 35.5. The van der Waals surface area contributed by atoms with Gasteiger partial charge in [-0.1, -0.05) is 0 Å². The fourth-order valence-electron chi connectivity index (χ4n) is 1.41. The van der Waals surface area contributed by atoms with E-state index in [1.165, 1.54) is 0 Å². The maximum atomic E-state index is 3.87. The van der Waals surface area contributed by atoms with E-state index in [4.69, 9.17) is 0 Å². The second kappa shape index (κ2) is 4.37. The summed E-state index contributed by atoms with van der Waals surface area (Å²) in [6, 6.07) is 0.506. The van der Waals surface area contributed by atoms with Crippen LogP contribution in [0, 0.1) is 0 Å². The summed E-state index contributed by atoms with van der Waals surface area (Å²) in [4.78, 5) is 0. The predicted molar refractivity (Wildman–Crippen MR) is 46.2 cm³/mol. The van der Waals surface area contributed by atoms with E-state index in [1.807, 2.05) is 4.68 Å². The van der Waals surface area contributed by atoms with E-state index in [2.05, 4.69) is 20.8 Å². The summed E-state index contributed by atoms with van der Waals surface area (Å²) < 4.78 is 1.85. The molecule has 1 N–H and O–H groups in total. The lowest BCUT2D eigenvalue weighted by Gasteiger charge is -2.21. The third-order valence-electron chi connectivity index (χ3n) is 2.05. The standard InChI is InChI=1S/C6H11N5.ClH/c1-3-7-4-2-6(1)11-5-8-9-10-11;/h5-7H,1-4H2;1H. The smallest absolute Gasteiger partial charge is 0.138 e. The Labute approximate surface area is 76.9 Å². The maximum absolute atomic E-state index is 3.87. The number of aromatic nitrogens is 4. The Balaban J connectivity index is 0.000000720. The Morgan fingerprint density at radius 3 is 2.67 bits per heavy atom. The summed E-state index contributed by atoms with van der Waals surface area (Å²) in [5, 5.41) is 14.4. The average Bonchev–Trinajstić information content (AvgIpc) is 2.58. The Bertz CT molecular complexity index is 206. The molecule has 1 fully saturated rings. The third kappa shape index (κ3) is 1.92. The van der Waals surface area contributed by atoms with Crippen molar-refractivity contribution in [2.24, 2.45) is 0 Å². The molecule has 0 spiro atoms. The molecular weight excluding hydrogens is 178 g/mol. The summed E-state index contributed by atoms with van der Waals surface area (Å²) >= 11 is 0. The Hall–Kier alpha value is -0.680. The molecule has 0 amide bonds. The number of hydrogen-bond donors (Lipinski definition) is 1. The van der Waals surface area contributed by atoms with Crippen LogP contribution in [0.2, 0.25) is 0 Å². The van der Waals surface area contributed by atoms with E-state index in [0.29, 0.717) is 6.04 Å². The van der Waals surface area contributed by atoms with Gasteiger partial charge >= 0.3 is 0 Å². The number of nitrogens with one attached hydrogen (secondary N) is 1. The number of rotatable bonds is 1. The summed E-state index contributed by atoms with van der Waals surface area (Å²) in [7, 11) is 0. The molecule has 0 saturated carbocycles. The van der Waals surface area contributed by atoms with E-state index in [-0.39, 0.29) is 12.4 Å². The zero-order chi connectivity index (χ0) is 7.52. The quantitative estimate of drug-likeness (QED) is 0.677. The minimum atomic E-state index is 0. The lowest BCUT2D eigenvalue weighted by atomic mass is 10.1. The van der Waals surface area contributed by atoms with Crippen LogP contribution in [-0.2, 0) is 0 Å². The molecule has 5 nitrogen and oxygen atoms in total. The molecule has 1 aliphatic heterocycles. The van der Waals surface area contributed by atoms with Crippen molar-refractivity contribution in [3.63, 3.8) is 0 Å². The third-order valence-corrected chi connectivity index (χ3v) is 2.05. The number of tetrazole rings is 1. The van der Waals surface area contributed by atoms with Crippen molar-refractivity contribution in [3.8, 4) is 0 Å². The van der Waals surface area contributed by atoms with Crippen LogP contribution < -0.4 is 5.32 Å². The fraction of sp³-hybridized carbons (Fsp3) is 0.833. The summed E-state index contributed by atoms with van der Waals surface area (Å²) in [5.74, 6) is 0. The number of nitrogens with zero attached hydrogens (tertiary/aromatic N) is 4. The van der Waals surface area contributed by atoms with Crippen LogP contribution in [0.1, 0.15) is 18.9 Å². The molecule has 1 saturated heterocycles. The molecule has 0 unspecified atom stereocenters. The predicted octanol–water partition coefficient (Wildman–Crippen LogP) is 0.0194. The molecule has 0 aliphatic carbocycles. The Morgan fingerprint density at radius 1 is 1.33 bits per heavy atom. The van der Waals surface area contributed by atoms with Crippen LogP contribution in [0.5, 0.6) is 0 Å². The lowest BCUT2D eigenvalue weighted by Crippen LogP contribution is -2.29. The van der Waals surface area contributed by atoms with Gasteiger partial charge in [0.15, 0.2) is 0 Å². The lowest BCUT2D eigenvalue weighted by molar-refractivity contribution is 0.337. The number of piperidine rings is 1. The van der Waals surface area contributed by atoms with Crippen molar-refractivity contribution in [3.05, 3.63) is 6.33 Å². The van der Waals surface area contributed by atoms with Gasteiger partial charge in [0.05, 0.1) is 6.04 Å². The van der Waals surface area contributed by atoms with Crippen LogP contribution >= 0.6 is 12.4 Å². The minimum Gasteiger partial charge on any atom is -0.317 e. The van der Waals surface area contributed by atoms with Gasteiger partial charge in [0.25, 0.3) is 0 Å². The van der Waals surface area contributed by atoms with E-state index in [9.17, 15) is 0 Å². The average molecular weight is 190 g/mol. The molecule has 0 radical (unpaired) electrons. The van der Waals surface area contributed by atoms with Crippen LogP contribution in [0.3, 0.4) is 0 Å². The van der Waals surface area contributed by atoms with Gasteiger partial charge in [-0.2, -0.15) is 0 Å². The van der Waals surface area contributed by atoms with Gasteiger partial charge in [0.1, 0.15) is 6.33 Å². The van der Waals surface area contributed by atoms with Crippen molar-refractivity contribution in [1.82, 2.24) is 25.5 Å². The summed E-state index contributed by atoms with van der Waals surface area (Å²) in [6.45, 7) is 2.15. The van der Waals surface area contributed by atoms with Crippen molar-refractivity contribution in [2.45, 2.75) is 18.9 Å². The van der Waals surface area contributed by atoms with Gasteiger partial charge < -0.3 is 5.32 Å². The second-order valence-corrected chi connectivity index (χ2v) is 2.77. The molecule has 68 valence electrons. The summed E-state index contributed by atoms with van der Waals surface area (Å²) in [6.07, 6.45) is 3.95. The van der Waals surface area contributed by atoms with Crippen LogP contribution in [0.25, 0.3) is 0 Å². The van der Waals surface area contributed by atoms with Crippen molar-refractivity contribution < 1.29 is 0 Å². The van der Waals surface area contributed by atoms with Gasteiger partial charge in [-0.05, 0) is 36.4 Å². The Morgan fingerprint density at radius 2 is 2.08 bits per heavy atom. The van der Waals surface area contributed by atoms with E-state index >= 15 is 0 Å². The first-order valence-corrected chi connectivity index (χ1v) is 3.90. The molecule has 2 heterocycles. The van der Waals surface area contributed by atoms with Gasteiger partial charge in [0, 0.05) is 0 Å². The molecule has 0 aromatic carbocycles. The molecule has 2 rings (SSSR count). The highest BCUT2D eigenvalue weighted by Crippen LogP contribution is 2.15. The van der Waals surface area contributed by atoms with Gasteiger partial charge in [-0.3, -0.25) is 0 Å². The highest BCUT2D eigenvalue weighted by Gasteiger charge is 2.14. The monoisotopic (exact) mass is 189 g/mol. The van der Waals surface area contributed by atoms with Gasteiger partial charge in [0.2, 0.25) is 0 Å². The Kier molecular flexibility index (Phi) is 3.43. The van der Waals surface area contributed by atoms with Gasteiger partial charge in [-0.15, -0.1) is 17.5 Å². The SMILES string of the molecule is Cl.c1nnnn1C1CCNCC1. The molecular formula is C6H12ClN5. The molecule has 0 atom stereocenters. The molecule has 1 aromatic rings. The molecule has 1 aliphatic rings.